The van der Waals surface area contributed by atoms with Gasteiger partial charge in [-0.05, 0) is 55.3 Å². The van der Waals surface area contributed by atoms with Gasteiger partial charge in [0.15, 0.2) is 0 Å². The van der Waals surface area contributed by atoms with E-state index in [2.05, 4.69) is 20.1 Å². The number of anilines is 1. The van der Waals surface area contributed by atoms with Crippen LogP contribution in [0.4, 0.5) is 10.1 Å². The van der Waals surface area contributed by atoms with Crippen molar-refractivity contribution in [2.24, 2.45) is 7.05 Å². The summed E-state index contributed by atoms with van der Waals surface area (Å²) in [4.78, 5) is 15.8. The molecule has 2 aromatic heterocycles. The zero-order valence-electron chi connectivity index (χ0n) is 16.6. The number of aromatic amines is 1. The summed E-state index contributed by atoms with van der Waals surface area (Å²) in [5, 5.41) is 8.78. The molecule has 4 aromatic rings. The van der Waals surface area contributed by atoms with Crippen LogP contribution < -0.4 is 10.0 Å². The predicted octanol–water partition coefficient (Wildman–Crippen LogP) is 5.70. The molecule has 160 valence electrons. The molecule has 1 amide bonds. The fourth-order valence-corrected chi connectivity index (χ4v) is 4.32. The van der Waals surface area contributed by atoms with Gasteiger partial charge in [0, 0.05) is 29.9 Å². The van der Waals surface area contributed by atoms with Gasteiger partial charge in [-0.15, -0.1) is 0 Å². The number of carbonyl (C=O) groups is 1. The van der Waals surface area contributed by atoms with Gasteiger partial charge in [-0.1, -0.05) is 23.2 Å². The molecule has 4 rings (SSSR count). The monoisotopic (exact) mass is 477 g/mol. The lowest BCUT2D eigenvalue weighted by Gasteiger charge is -2.10. The van der Waals surface area contributed by atoms with Crippen molar-refractivity contribution in [1.82, 2.24) is 20.1 Å². The van der Waals surface area contributed by atoms with Crippen molar-refractivity contribution in [3.05, 3.63) is 75.4 Å². The zero-order valence-corrected chi connectivity index (χ0v) is 18.9. The number of fused-ring (bicyclic) bond motifs is 1. The fourth-order valence-electron chi connectivity index (χ4n) is 3.08. The topological polar surface area (TPSA) is 74.7 Å². The van der Waals surface area contributed by atoms with Crippen molar-refractivity contribution in [2.75, 3.05) is 4.72 Å². The number of aryl methyl sites for hydroxylation is 2. The second kappa shape index (κ2) is 8.82. The molecular weight excluding hydrogens is 460 g/mol. The summed E-state index contributed by atoms with van der Waals surface area (Å²) in [5.74, 6) is -0.874. The van der Waals surface area contributed by atoms with Crippen molar-refractivity contribution >= 4 is 57.6 Å². The quantitative estimate of drug-likeness (QED) is 0.311. The van der Waals surface area contributed by atoms with Gasteiger partial charge in [-0.25, -0.2) is 4.39 Å². The average molecular weight is 478 g/mol. The zero-order chi connectivity index (χ0) is 22.1. The second-order valence-corrected chi connectivity index (χ2v) is 8.58. The third kappa shape index (κ3) is 4.51. The molecule has 6 nitrogen and oxygen atoms in total. The Labute approximate surface area is 192 Å². The molecule has 0 aliphatic heterocycles. The molecule has 31 heavy (non-hydrogen) atoms. The highest BCUT2D eigenvalue weighted by atomic mass is 35.5. The molecule has 0 aliphatic carbocycles. The van der Waals surface area contributed by atoms with E-state index in [1.807, 2.05) is 20.0 Å². The van der Waals surface area contributed by atoms with Gasteiger partial charge < -0.3 is 15.0 Å². The Morgan fingerprint density at radius 3 is 2.74 bits per heavy atom. The lowest BCUT2D eigenvalue weighted by Crippen LogP contribution is -2.23. The lowest BCUT2D eigenvalue weighted by molar-refractivity contribution is 0.0949. The molecule has 0 saturated carbocycles. The number of rotatable bonds is 6. The van der Waals surface area contributed by atoms with Crippen LogP contribution in [0.5, 0.6) is 0 Å². The molecule has 3 N–H and O–H groups in total. The summed E-state index contributed by atoms with van der Waals surface area (Å²) in [6.45, 7) is 2.20. The first kappa shape index (κ1) is 21.5. The number of aromatic nitrogens is 3. The fraction of sp³-hybridized carbons (Fsp3) is 0.143. The van der Waals surface area contributed by atoms with Gasteiger partial charge in [0.1, 0.15) is 5.82 Å². The Hall–Kier alpha value is -2.68. The van der Waals surface area contributed by atoms with E-state index >= 15 is 0 Å². The minimum Gasteiger partial charge on any atom is -0.358 e. The van der Waals surface area contributed by atoms with Crippen LogP contribution in [-0.4, -0.2) is 20.7 Å². The van der Waals surface area contributed by atoms with E-state index in [4.69, 9.17) is 23.2 Å². The first-order valence-corrected chi connectivity index (χ1v) is 10.9. The maximum Gasteiger partial charge on any atom is 0.251 e. The van der Waals surface area contributed by atoms with Crippen LogP contribution >= 0.6 is 35.1 Å². The van der Waals surface area contributed by atoms with Gasteiger partial charge in [0.2, 0.25) is 0 Å². The van der Waals surface area contributed by atoms with Crippen LogP contribution in [-0.2, 0) is 13.6 Å². The number of H-pyrrole nitrogens is 1. The molecule has 0 aliphatic rings. The largest absolute Gasteiger partial charge is 0.358 e. The van der Waals surface area contributed by atoms with Gasteiger partial charge in [-0.2, -0.15) is 5.10 Å². The first-order chi connectivity index (χ1) is 14.8. The molecule has 0 atom stereocenters. The molecule has 0 unspecified atom stereocenters. The van der Waals surface area contributed by atoms with Crippen molar-refractivity contribution in [1.29, 1.82) is 0 Å². The number of amides is 1. The minimum atomic E-state index is -0.506. The molecule has 10 heteroatoms. The minimum absolute atomic E-state index is 0.236. The van der Waals surface area contributed by atoms with E-state index in [-0.39, 0.29) is 18.0 Å². The molecule has 2 aromatic carbocycles. The summed E-state index contributed by atoms with van der Waals surface area (Å²) >= 11 is 13.4. The van der Waals surface area contributed by atoms with Crippen LogP contribution in [0.3, 0.4) is 0 Å². The van der Waals surface area contributed by atoms with Gasteiger partial charge in [0.05, 0.1) is 38.4 Å². The molecule has 0 spiro atoms. The van der Waals surface area contributed by atoms with Crippen LogP contribution in [0.2, 0.25) is 10.0 Å². The Balaban J connectivity index is 1.43. The molecule has 0 saturated heterocycles. The van der Waals surface area contributed by atoms with Gasteiger partial charge in [0.25, 0.3) is 5.91 Å². The normalized spacial score (nSPS) is 11.1. The van der Waals surface area contributed by atoms with Crippen LogP contribution in [0.25, 0.3) is 10.9 Å². The standard InChI is InChI=1S/C21H18Cl2FN5OS/c1-11-7-13(27-29(11)2)9-26-21(30)12-3-6-18(16(24)8-12)31-28-17-5-4-14(22)19-15(23)10-25-20(17)19/h3-8,10,25,28H,9H2,1-2H3,(H,26,30). The summed E-state index contributed by atoms with van der Waals surface area (Å²) in [7, 11) is 1.83. The summed E-state index contributed by atoms with van der Waals surface area (Å²) in [6.07, 6.45) is 1.65. The Morgan fingerprint density at radius 2 is 2.03 bits per heavy atom. The van der Waals surface area contributed by atoms with Crippen LogP contribution in [0.15, 0.2) is 47.5 Å². The van der Waals surface area contributed by atoms with E-state index in [0.29, 0.717) is 26.0 Å². The summed E-state index contributed by atoms with van der Waals surface area (Å²) in [6, 6.07) is 9.74. The lowest BCUT2D eigenvalue weighted by atomic mass is 10.2. The predicted molar refractivity (Wildman–Crippen MR) is 123 cm³/mol. The number of nitrogens with one attached hydrogen (secondary N) is 3. The van der Waals surface area contributed by atoms with Crippen molar-refractivity contribution in [2.45, 2.75) is 18.4 Å². The Morgan fingerprint density at radius 1 is 1.23 bits per heavy atom. The van der Waals surface area contributed by atoms with Crippen molar-refractivity contribution in [3.8, 4) is 0 Å². The van der Waals surface area contributed by atoms with Crippen LogP contribution in [0.1, 0.15) is 21.7 Å². The highest BCUT2D eigenvalue weighted by Gasteiger charge is 2.14. The van der Waals surface area contributed by atoms with Crippen molar-refractivity contribution in [3.63, 3.8) is 0 Å². The number of halogens is 3. The molecule has 0 bridgehead atoms. The third-order valence-corrected chi connectivity index (χ3v) is 6.28. The second-order valence-electron chi connectivity index (χ2n) is 6.91. The summed E-state index contributed by atoms with van der Waals surface area (Å²) in [5.41, 5.74) is 3.40. The van der Waals surface area contributed by atoms with E-state index in [9.17, 15) is 9.18 Å². The average Bonchev–Trinajstić information content (AvgIpc) is 3.29. The first-order valence-electron chi connectivity index (χ1n) is 9.28. The maximum atomic E-state index is 14.6. The third-order valence-electron chi connectivity index (χ3n) is 4.80. The summed E-state index contributed by atoms with van der Waals surface area (Å²) < 4.78 is 19.4. The smallest absolute Gasteiger partial charge is 0.251 e. The number of carbonyl (C=O) groups excluding carboxylic acids is 1. The number of hydrogen-bond acceptors (Lipinski definition) is 4. The number of nitrogens with zero attached hydrogens (tertiary/aromatic N) is 2. The highest BCUT2D eigenvalue weighted by Crippen LogP contribution is 2.36. The van der Waals surface area contributed by atoms with Gasteiger partial charge >= 0.3 is 0 Å². The SMILES string of the molecule is Cc1cc(CNC(=O)c2ccc(SNc3ccc(Cl)c4c(Cl)c[nH]c34)c(F)c2)nn1C. The van der Waals surface area contributed by atoms with E-state index in [1.165, 1.54) is 6.07 Å². The van der Waals surface area contributed by atoms with E-state index < -0.39 is 5.82 Å². The Bertz CT molecular complexity index is 1270. The number of benzene rings is 2. The molecule has 0 radical (unpaired) electrons. The van der Waals surface area contributed by atoms with Crippen LogP contribution in [0, 0.1) is 12.7 Å². The molecule has 0 fully saturated rings. The van der Waals surface area contributed by atoms with E-state index in [1.54, 1.807) is 35.1 Å². The van der Waals surface area contributed by atoms with E-state index in [0.717, 1.165) is 28.9 Å². The number of hydrogen-bond donors (Lipinski definition) is 3. The van der Waals surface area contributed by atoms with Gasteiger partial charge in [-0.3, -0.25) is 9.48 Å². The Kier molecular flexibility index (Phi) is 6.13. The maximum absolute atomic E-state index is 14.6. The molecule has 2 heterocycles. The highest BCUT2D eigenvalue weighted by molar-refractivity contribution is 8.00. The molecular formula is C21H18Cl2FN5OS. The van der Waals surface area contributed by atoms with Crippen molar-refractivity contribution < 1.29 is 9.18 Å².